The molecule has 2 rings (SSSR count). The van der Waals surface area contributed by atoms with Gasteiger partial charge >= 0.3 is 0 Å². The van der Waals surface area contributed by atoms with Gasteiger partial charge in [0.1, 0.15) is 5.75 Å². The standard InChI is InChI=1S/C16H15Cl2NO2S/c1-21-15-7-4-12(17)10-14(15)16(20)19-9-8-11-2-5-13(22-18)6-3-11/h2-7,10H,8-9H2,1H3,(H,19,20). The van der Waals surface area contributed by atoms with Crippen LogP contribution in [0.2, 0.25) is 5.02 Å². The number of carbonyl (C=O) groups excluding carboxylic acids is 1. The zero-order valence-corrected chi connectivity index (χ0v) is 14.3. The molecule has 0 bridgehead atoms. The Kier molecular flexibility index (Phi) is 6.43. The molecule has 0 aliphatic rings. The van der Waals surface area contributed by atoms with Crippen molar-refractivity contribution >= 4 is 39.2 Å². The van der Waals surface area contributed by atoms with Gasteiger partial charge in [-0.15, -0.1) is 0 Å². The third kappa shape index (κ3) is 4.57. The van der Waals surface area contributed by atoms with Crippen LogP contribution in [0.25, 0.3) is 0 Å². The zero-order valence-electron chi connectivity index (χ0n) is 11.9. The number of methoxy groups -OCH3 is 1. The second kappa shape index (κ2) is 8.32. The van der Waals surface area contributed by atoms with Crippen LogP contribution >= 0.6 is 33.3 Å². The number of carbonyl (C=O) groups is 1. The van der Waals surface area contributed by atoms with Crippen molar-refractivity contribution < 1.29 is 9.53 Å². The van der Waals surface area contributed by atoms with E-state index in [-0.39, 0.29) is 5.91 Å². The monoisotopic (exact) mass is 355 g/mol. The molecule has 0 aliphatic heterocycles. The quantitative estimate of drug-likeness (QED) is 0.824. The van der Waals surface area contributed by atoms with Gasteiger partial charge < -0.3 is 10.1 Å². The van der Waals surface area contributed by atoms with E-state index in [2.05, 4.69) is 5.32 Å². The number of halogens is 2. The van der Waals surface area contributed by atoms with E-state index >= 15 is 0 Å². The maximum Gasteiger partial charge on any atom is 0.255 e. The second-order valence-corrected chi connectivity index (χ2v) is 6.10. The highest BCUT2D eigenvalue weighted by Gasteiger charge is 2.12. The van der Waals surface area contributed by atoms with E-state index in [0.29, 0.717) is 22.9 Å². The molecule has 1 N–H and O–H groups in total. The van der Waals surface area contributed by atoms with Crippen molar-refractivity contribution in [2.24, 2.45) is 0 Å². The molecule has 2 aromatic carbocycles. The lowest BCUT2D eigenvalue weighted by Gasteiger charge is -2.10. The summed E-state index contributed by atoms with van der Waals surface area (Å²) in [5.41, 5.74) is 1.57. The van der Waals surface area contributed by atoms with Crippen molar-refractivity contribution in [3.63, 3.8) is 0 Å². The Bertz CT molecular complexity index is 647. The fourth-order valence-corrected chi connectivity index (χ4v) is 2.70. The summed E-state index contributed by atoms with van der Waals surface area (Å²) in [5.74, 6) is 0.303. The summed E-state index contributed by atoms with van der Waals surface area (Å²) in [6.07, 6.45) is 0.738. The van der Waals surface area contributed by atoms with E-state index in [1.54, 1.807) is 18.2 Å². The minimum absolute atomic E-state index is 0.202. The Morgan fingerprint density at radius 2 is 1.95 bits per heavy atom. The van der Waals surface area contributed by atoms with Crippen molar-refractivity contribution in [3.05, 3.63) is 58.6 Å². The number of hydrogen-bond donors (Lipinski definition) is 1. The van der Waals surface area contributed by atoms with Gasteiger partial charge in [-0.3, -0.25) is 4.79 Å². The molecule has 0 spiro atoms. The van der Waals surface area contributed by atoms with Crippen LogP contribution in [-0.4, -0.2) is 19.6 Å². The lowest BCUT2D eigenvalue weighted by Crippen LogP contribution is -2.26. The summed E-state index contributed by atoms with van der Waals surface area (Å²) >= 11 is 5.93. The molecule has 0 radical (unpaired) electrons. The van der Waals surface area contributed by atoms with E-state index in [9.17, 15) is 4.79 Å². The minimum atomic E-state index is -0.202. The van der Waals surface area contributed by atoms with Crippen molar-refractivity contribution in [1.29, 1.82) is 0 Å². The highest BCUT2D eigenvalue weighted by Crippen LogP contribution is 2.23. The second-order valence-electron chi connectivity index (χ2n) is 4.57. The average molecular weight is 356 g/mol. The predicted octanol–water partition coefficient (Wildman–Crippen LogP) is 4.57. The molecule has 3 nitrogen and oxygen atoms in total. The van der Waals surface area contributed by atoms with Crippen LogP contribution in [0.15, 0.2) is 47.4 Å². The first kappa shape index (κ1) is 17.0. The fraction of sp³-hybridized carbons (Fsp3) is 0.188. The lowest BCUT2D eigenvalue weighted by atomic mass is 10.1. The number of rotatable bonds is 6. The maximum atomic E-state index is 12.2. The number of hydrogen-bond acceptors (Lipinski definition) is 3. The zero-order chi connectivity index (χ0) is 15.9. The van der Waals surface area contributed by atoms with Crippen LogP contribution in [0.4, 0.5) is 0 Å². The van der Waals surface area contributed by atoms with Gasteiger partial charge in [0, 0.05) is 16.5 Å². The molecule has 0 heterocycles. The molecule has 0 saturated carbocycles. The van der Waals surface area contributed by atoms with Crippen molar-refractivity contribution in [3.8, 4) is 5.75 Å². The highest BCUT2D eigenvalue weighted by atomic mass is 35.7. The van der Waals surface area contributed by atoms with E-state index in [1.807, 2.05) is 24.3 Å². The van der Waals surface area contributed by atoms with Crippen molar-refractivity contribution in [2.75, 3.05) is 13.7 Å². The van der Waals surface area contributed by atoms with Crippen molar-refractivity contribution in [1.82, 2.24) is 5.32 Å². The normalized spacial score (nSPS) is 10.3. The van der Waals surface area contributed by atoms with E-state index in [4.69, 9.17) is 27.0 Å². The summed E-state index contributed by atoms with van der Waals surface area (Å²) in [5, 5.41) is 3.37. The topological polar surface area (TPSA) is 38.3 Å². The molecule has 0 atom stereocenters. The van der Waals surface area contributed by atoms with Gasteiger partial charge in [-0.25, -0.2) is 0 Å². The summed E-state index contributed by atoms with van der Waals surface area (Å²) in [7, 11) is 8.38. The van der Waals surface area contributed by atoms with Gasteiger partial charge in [-0.05, 0) is 64.0 Å². The Labute approximate surface area is 143 Å². The number of benzene rings is 2. The van der Waals surface area contributed by atoms with Gasteiger partial charge in [-0.2, -0.15) is 0 Å². The molecule has 0 saturated heterocycles. The lowest BCUT2D eigenvalue weighted by molar-refractivity contribution is 0.0951. The number of ether oxygens (including phenoxy) is 1. The van der Waals surface area contributed by atoms with Crippen LogP contribution in [0.3, 0.4) is 0 Å². The molecule has 0 aliphatic carbocycles. The van der Waals surface area contributed by atoms with Crippen LogP contribution in [0.5, 0.6) is 5.75 Å². The van der Waals surface area contributed by atoms with Crippen LogP contribution in [-0.2, 0) is 6.42 Å². The molecule has 2 aromatic rings. The smallest absolute Gasteiger partial charge is 0.255 e. The summed E-state index contributed by atoms with van der Waals surface area (Å²) < 4.78 is 5.18. The molecule has 22 heavy (non-hydrogen) atoms. The third-order valence-corrected chi connectivity index (χ3v) is 4.34. The SMILES string of the molecule is COc1ccc(Cl)cc1C(=O)NCCc1ccc(SCl)cc1. The van der Waals surface area contributed by atoms with Gasteiger partial charge in [0.15, 0.2) is 0 Å². The highest BCUT2D eigenvalue weighted by molar-refractivity contribution is 8.21. The number of amides is 1. The predicted molar refractivity (Wildman–Crippen MR) is 92.2 cm³/mol. The first-order valence-corrected chi connectivity index (χ1v) is 8.65. The molecule has 1 amide bonds. The Hall–Kier alpha value is -1.36. The van der Waals surface area contributed by atoms with Gasteiger partial charge in [0.25, 0.3) is 5.91 Å². The average Bonchev–Trinajstić information content (AvgIpc) is 2.55. The van der Waals surface area contributed by atoms with E-state index in [0.717, 1.165) is 16.9 Å². The van der Waals surface area contributed by atoms with Crippen molar-refractivity contribution in [2.45, 2.75) is 11.3 Å². The number of nitrogens with one attached hydrogen (secondary N) is 1. The van der Waals surface area contributed by atoms with Crippen LogP contribution < -0.4 is 10.1 Å². The summed E-state index contributed by atoms with van der Waals surface area (Å²) in [6, 6.07) is 12.9. The third-order valence-electron chi connectivity index (χ3n) is 3.12. The molecule has 0 aromatic heterocycles. The molecule has 6 heteroatoms. The Balaban J connectivity index is 1.93. The largest absolute Gasteiger partial charge is 0.496 e. The Morgan fingerprint density at radius 1 is 1.23 bits per heavy atom. The van der Waals surface area contributed by atoms with E-state index < -0.39 is 0 Å². The summed E-state index contributed by atoms with van der Waals surface area (Å²) in [4.78, 5) is 13.2. The van der Waals surface area contributed by atoms with Gasteiger partial charge in [0.2, 0.25) is 0 Å². The minimum Gasteiger partial charge on any atom is -0.496 e. The molecule has 0 unspecified atom stereocenters. The Morgan fingerprint density at radius 3 is 2.59 bits per heavy atom. The first-order valence-electron chi connectivity index (χ1n) is 6.63. The van der Waals surface area contributed by atoms with Gasteiger partial charge in [0.05, 0.1) is 12.7 Å². The molecular weight excluding hydrogens is 341 g/mol. The first-order chi connectivity index (χ1) is 10.6. The molecule has 0 fully saturated rings. The van der Waals surface area contributed by atoms with Crippen LogP contribution in [0, 0.1) is 0 Å². The molecule has 116 valence electrons. The van der Waals surface area contributed by atoms with Gasteiger partial charge in [-0.1, -0.05) is 23.7 Å². The maximum absolute atomic E-state index is 12.2. The van der Waals surface area contributed by atoms with E-state index in [1.165, 1.54) is 18.1 Å². The van der Waals surface area contributed by atoms with Crippen LogP contribution in [0.1, 0.15) is 15.9 Å². The summed E-state index contributed by atoms with van der Waals surface area (Å²) in [6.45, 7) is 0.530. The fourth-order valence-electron chi connectivity index (χ4n) is 1.98. The molecular formula is C16H15Cl2NO2S.